The van der Waals surface area contributed by atoms with Gasteiger partial charge in [0, 0.05) is 31.6 Å². The van der Waals surface area contributed by atoms with Crippen LogP contribution in [0.1, 0.15) is 37.3 Å². The van der Waals surface area contributed by atoms with Crippen LogP contribution in [-0.2, 0) is 4.79 Å². The molecule has 0 unspecified atom stereocenters. The van der Waals surface area contributed by atoms with Gasteiger partial charge in [-0.2, -0.15) is 13.2 Å². The first kappa shape index (κ1) is 16.0. The summed E-state index contributed by atoms with van der Waals surface area (Å²) in [4.78, 5) is 21.4. The number of carbonyl (C=O) groups excluding carboxylic acids is 1. The maximum atomic E-state index is 12.1. The Morgan fingerprint density at radius 1 is 1.33 bits per heavy atom. The van der Waals surface area contributed by atoms with Gasteiger partial charge in [-0.3, -0.25) is 9.78 Å². The van der Waals surface area contributed by atoms with Crippen LogP contribution in [0.5, 0.6) is 0 Å². The molecule has 0 spiro atoms. The Bertz CT molecular complexity index is 502. The van der Waals surface area contributed by atoms with E-state index in [9.17, 15) is 18.0 Å². The van der Waals surface area contributed by atoms with Crippen molar-refractivity contribution in [3.8, 4) is 0 Å². The minimum atomic E-state index is -4.29. The van der Waals surface area contributed by atoms with Crippen molar-refractivity contribution in [2.75, 3.05) is 13.1 Å². The first-order valence-corrected chi connectivity index (χ1v) is 7.05. The zero-order valence-corrected chi connectivity index (χ0v) is 12.0. The van der Waals surface area contributed by atoms with Gasteiger partial charge in [0.05, 0.1) is 18.3 Å². The molecule has 1 aromatic heterocycles. The Labute approximate surface area is 125 Å². The summed E-state index contributed by atoms with van der Waals surface area (Å²) in [6, 6.07) is 0. The molecular weight excluding hydrogens is 307 g/mol. The molecule has 0 atom stereocenters. The van der Waals surface area contributed by atoms with Crippen LogP contribution in [0.2, 0.25) is 5.15 Å². The van der Waals surface area contributed by atoms with Crippen LogP contribution >= 0.6 is 11.6 Å². The zero-order valence-electron chi connectivity index (χ0n) is 11.2. The van der Waals surface area contributed by atoms with E-state index in [1.54, 1.807) is 6.20 Å². The fourth-order valence-corrected chi connectivity index (χ4v) is 2.54. The molecule has 0 aliphatic carbocycles. The molecule has 116 valence electrons. The zero-order chi connectivity index (χ0) is 15.5. The molecule has 1 saturated heterocycles. The number of carbonyl (C=O) groups is 1. The third kappa shape index (κ3) is 4.84. The number of aromatic nitrogens is 2. The van der Waals surface area contributed by atoms with Crippen LogP contribution in [0.15, 0.2) is 12.4 Å². The highest BCUT2D eigenvalue weighted by Crippen LogP contribution is 2.28. The molecule has 1 fully saturated rings. The predicted molar refractivity (Wildman–Crippen MR) is 70.9 cm³/mol. The Morgan fingerprint density at radius 2 is 2.00 bits per heavy atom. The molecule has 0 N–H and O–H groups in total. The van der Waals surface area contributed by atoms with Gasteiger partial charge in [-0.1, -0.05) is 11.6 Å². The highest BCUT2D eigenvalue weighted by Gasteiger charge is 2.30. The quantitative estimate of drug-likeness (QED) is 0.859. The lowest BCUT2D eigenvalue weighted by atomic mass is 9.93. The lowest BCUT2D eigenvalue weighted by Crippen LogP contribution is -2.38. The van der Waals surface area contributed by atoms with E-state index in [1.807, 2.05) is 0 Å². The van der Waals surface area contributed by atoms with Crippen molar-refractivity contribution >= 4 is 17.5 Å². The van der Waals surface area contributed by atoms with E-state index in [0.717, 1.165) is 5.69 Å². The van der Waals surface area contributed by atoms with Crippen molar-refractivity contribution in [3.63, 3.8) is 0 Å². The highest BCUT2D eigenvalue weighted by molar-refractivity contribution is 6.29. The molecule has 4 nitrogen and oxygen atoms in total. The number of likely N-dealkylation sites (tertiary alicyclic amines) is 1. The fourth-order valence-electron chi connectivity index (χ4n) is 2.38. The molecule has 1 aliphatic heterocycles. The van der Waals surface area contributed by atoms with Crippen molar-refractivity contribution in [3.05, 3.63) is 23.2 Å². The number of nitrogens with zero attached hydrogens (tertiary/aromatic N) is 3. The molecule has 1 amide bonds. The van der Waals surface area contributed by atoms with Crippen molar-refractivity contribution in [1.29, 1.82) is 0 Å². The largest absolute Gasteiger partial charge is 0.389 e. The van der Waals surface area contributed by atoms with Crippen LogP contribution in [0.25, 0.3) is 0 Å². The average Bonchev–Trinajstić information content (AvgIpc) is 2.44. The molecule has 1 aromatic rings. The summed E-state index contributed by atoms with van der Waals surface area (Å²) in [7, 11) is 0. The monoisotopic (exact) mass is 321 g/mol. The summed E-state index contributed by atoms with van der Waals surface area (Å²) in [5.41, 5.74) is 0.768. The van der Waals surface area contributed by atoms with Gasteiger partial charge in [-0.05, 0) is 12.8 Å². The van der Waals surface area contributed by atoms with E-state index < -0.39 is 24.9 Å². The minimum Gasteiger partial charge on any atom is -0.343 e. The van der Waals surface area contributed by atoms with Crippen molar-refractivity contribution < 1.29 is 18.0 Å². The molecule has 0 aromatic carbocycles. The van der Waals surface area contributed by atoms with E-state index in [-0.39, 0.29) is 5.92 Å². The number of alkyl halides is 3. The lowest BCUT2D eigenvalue weighted by molar-refractivity contribution is -0.149. The molecule has 0 bridgehead atoms. The summed E-state index contributed by atoms with van der Waals surface area (Å²) in [6.45, 7) is 0.880. The molecule has 2 heterocycles. The Kier molecular flexibility index (Phi) is 5.03. The number of hydrogen-bond acceptors (Lipinski definition) is 3. The van der Waals surface area contributed by atoms with E-state index >= 15 is 0 Å². The standard InChI is InChI=1S/C13H15ClF3N3O/c14-11-8-18-7-10(19-11)9-2-5-20(6-3-9)12(21)1-4-13(15,16)17/h7-9H,1-6H2. The maximum absolute atomic E-state index is 12.1. The van der Waals surface area contributed by atoms with Gasteiger partial charge in [-0.25, -0.2) is 4.98 Å². The van der Waals surface area contributed by atoms with Crippen LogP contribution in [0.3, 0.4) is 0 Å². The Hall–Kier alpha value is -1.37. The summed E-state index contributed by atoms with van der Waals surface area (Å²) in [6.07, 6.45) is -1.43. The average molecular weight is 322 g/mol. The molecule has 2 rings (SSSR count). The van der Waals surface area contributed by atoms with E-state index in [1.165, 1.54) is 11.1 Å². The molecule has 0 saturated carbocycles. The van der Waals surface area contributed by atoms with Gasteiger partial charge in [0.1, 0.15) is 5.15 Å². The van der Waals surface area contributed by atoms with Crippen molar-refractivity contribution in [1.82, 2.24) is 14.9 Å². The molecule has 1 aliphatic rings. The van der Waals surface area contributed by atoms with Crippen LogP contribution in [0, 0.1) is 0 Å². The van der Waals surface area contributed by atoms with Crippen molar-refractivity contribution in [2.24, 2.45) is 0 Å². The van der Waals surface area contributed by atoms with Gasteiger partial charge >= 0.3 is 6.18 Å². The lowest BCUT2D eigenvalue weighted by Gasteiger charge is -2.31. The van der Waals surface area contributed by atoms with Gasteiger partial charge in [0.2, 0.25) is 5.91 Å². The SMILES string of the molecule is O=C(CCC(F)(F)F)N1CCC(c2cncc(Cl)n2)CC1. The first-order valence-electron chi connectivity index (χ1n) is 6.67. The normalized spacial score (nSPS) is 17.0. The third-order valence-electron chi connectivity index (χ3n) is 3.51. The second-order valence-corrected chi connectivity index (χ2v) is 5.42. The van der Waals surface area contributed by atoms with E-state index in [2.05, 4.69) is 9.97 Å². The number of amides is 1. The van der Waals surface area contributed by atoms with Crippen LogP contribution in [-0.4, -0.2) is 40.0 Å². The smallest absolute Gasteiger partial charge is 0.343 e. The van der Waals surface area contributed by atoms with Gasteiger partial charge in [0.15, 0.2) is 0 Å². The predicted octanol–water partition coefficient (Wildman–Crippen LogP) is 3.18. The first-order chi connectivity index (χ1) is 9.85. The number of hydrogen-bond donors (Lipinski definition) is 0. The van der Waals surface area contributed by atoms with Gasteiger partial charge < -0.3 is 4.90 Å². The maximum Gasteiger partial charge on any atom is 0.389 e. The fraction of sp³-hybridized carbons (Fsp3) is 0.615. The highest BCUT2D eigenvalue weighted by atomic mass is 35.5. The van der Waals surface area contributed by atoms with E-state index in [0.29, 0.717) is 31.1 Å². The summed E-state index contributed by atoms with van der Waals surface area (Å²) >= 11 is 5.78. The molecular formula is C13H15ClF3N3O. The second kappa shape index (κ2) is 6.60. The topological polar surface area (TPSA) is 46.1 Å². The second-order valence-electron chi connectivity index (χ2n) is 5.04. The van der Waals surface area contributed by atoms with Crippen molar-refractivity contribution in [2.45, 2.75) is 37.8 Å². The Balaban J connectivity index is 1.84. The third-order valence-corrected chi connectivity index (χ3v) is 3.69. The number of halogens is 4. The summed E-state index contributed by atoms with van der Waals surface area (Å²) in [5.74, 6) is -0.300. The van der Waals surface area contributed by atoms with Crippen LogP contribution in [0.4, 0.5) is 13.2 Å². The molecule has 21 heavy (non-hydrogen) atoms. The van der Waals surface area contributed by atoms with Crippen LogP contribution < -0.4 is 0 Å². The number of piperidine rings is 1. The number of rotatable bonds is 3. The minimum absolute atomic E-state index is 0.142. The molecule has 8 heteroatoms. The summed E-state index contributed by atoms with van der Waals surface area (Å²) < 4.78 is 36.3. The van der Waals surface area contributed by atoms with Gasteiger partial charge in [-0.15, -0.1) is 0 Å². The molecule has 0 radical (unpaired) electrons. The van der Waals surface area contributed by atoms with Gasteiger partial charge in [0.25, 0.3) is 0 Å². The van der Waals surface area contributed by atoms with E-state index in [4.69, 9.17) is 11.6 Å². The Morgan fingerprint density at radius 3 is 2.57 bits per heavy atom. The summed E-state index contributed by atoms with van der Waals surface area (Å²) in [5, 5.41) is 0.316.